The number of methoxy groups -OCH3 is 1. The minimum absolute atomic E-state index is 0.446. The molecule has 3 rings (SSSR count). The van der Waals surface area contributed by atoms with Crippen LogP contribution in [0.5, 0.6) is 5.75 Å². The Bertz CT molecular complexity index is 798. The molecule has 1 saturated heterocycles. The molecule has 0 aromatic heterocycles. The first-order chi connectivity index (χ1) is 14.3. The summed E-state index contributed by atoms with van der Waals surface area (Å²) in [5.74, 6) is 2.63. The lowest BCUT2D eigenvalue weighted by Crippen LogP contribution is -2.46. The van der Waals surface area contributed by atoms with Gasteiger partial charge in [0.2, 0.25) is 0 Å². The van der Waals surface area contributed by atoms with E-state index in [-0.39, 0.29) is 0 Å². The summed E-state index contributed by atoms with van der Waals surface area (Å²) in [5, 5.41) is 0. The fraction of sp³-hybridized carbons (Fsp3) is 0.391. The molecule has 1 aliphatic heterocycles. The highest BCUT2D eigenvalue weighted by atomic mass is 16.6. The summed E-state index contributed by atoms with van der Waals surface area (Å²) in [6.07, 6.45) is 1.97. The summed E-state index contributed by atoms with van der Waals surface area (Å²) in [7, 11) is 1.71. The van der Waals surface area contributed by atoms with Crippen LogP contribution in [0.4, 0.5) is 5.69 Å². The molecule has 1 aliphatic rings. The number of piperazine rings is 1. The Labute approximate surface area is 172 Å². The van der Waals surface area contributed by atoms with Gasteiger partial charge in [-0.25, -0.2) is 4.79 Å². The van der Waals surface area contributed by atoms with Crippen molar-refractivity contribution in [3.05, 3.63) is 65.7 Å². The number of ether oxygens (including phenoxy) is 1. The average Bonchev–Trinajstić information content (AvgIpc) is 2.77. The molecule has 1 heterocycles. The highest BCUT2D eigenvalue weighted by Gasteiger charge is 2.20. The first-order valence-corrected chi connectivity index (χ1v) is 10.0. The van der Waals surface area contributed by atoms with Crippen LogP contribution in [-0.2, 0) is 22.7 Å². The summed E-state index contributed by atoms with van der Waals surface area (Å²) in [4.78, 5) is 20.4. The maximum absolute atomic E-state index is 10.1. The maximum atomic E-state index is 10.1. The molecule has 29 heavy (non-hydrogen) atoms. The van der Waals surface area contributed by atoms with Crippen molar-refractivity contribution in [3.63, 3.8) is 0 Å². The van der Waals surface area contributed by atoms with Crippen LogP contribution < -0.4 is 15.1 Å². The predicted molar refractivity (Wildman–Crippen MR) is 115 cm³/mol. The lowest BCUT2D eigenvalue weighted by molar-refractivity contribution is 0.0399. The van der Waals surface area contributed by atoms with Crippen LogP contribution in [0.3, 0.4) is 0 Å². The van der Waals surface area contributed by atoms with Crippen LogP contribution >= 0.6 is 0 Å². The van der Waals surface area contributed by atoms with E-state index in [9.17, 15) is 4.79 Å². The minimum Gasteiger partial charge on any atom is -0.495 e. The lowest BCUT2D eigenvalue weighted by Gasteiger charge is -2.36. The third kappa shape index (κ3) is 6.44. The number of anilines is 1. The topological polar surface area (TPSA) is 54.0 Å². The summed E-state index contributed by atoms with van der Waals surface area (Å²) in [6.45, 7) is 6.01. The minimum atomic E-state index is 0.446. The molecule has 0 radical (unpaired) electrons. The fourth-order valence-corrected chi connectivity index (χ4v) is 3.46. The normalized spacial score (nSPS) is 14.4. The largest absolute Gasteiger partial charge is 0.495 e. The van der Waals surface area contributed by atoms with Gasteiger partial charge in [-0.1, -0.05) is 36.4 Å². The van der Waals surface area contributed by atoms with Crippen molar-refractivity contribution in [2.75, 3.05) is 44.8 Å². The number of carbonyl (C=O) groups excluding carboxylic acids is 1. The molecule has 6 heteroatoms. The van der Waals surface area contributed by atoms with Gasteiger partial charge in [0.15, 0.2) is 0 Å². The molecule has 1 N–H and O–H groups in total. The third-order valence-corrected chi connectivity index (χ3v) is 5.03. The van der Waals surface area contributed by atoms with Crippen LogP contribution in [0.25, 0.3) is 0 Å². The highest BCUT2D eigenvalue weighted by molar-refractivity contribution is 5.60. The molecule has 0 spiro atoms. The van der Waals surface area contributed by atoms with Gasteiger partial charge in [-0.3, -0.25) is 4.90 Å². The number of benzene rings is 2. The van der Waals surface area contributed by atoms with E-state index >= 15 is 0 Å². The number of nitrogens with one attached hydrogen (secondary N) is 1. The summed E-state index contributed by atoms with van der Waals surface area (Å²) >= 11 is 0. The Kier molecular flexibility index (Phi) is 8.28. The summed E-state index contributed by atoms with van der Waals surface area (Å²) in [6, 6.07) is 16.8. The number of nitrogens with zero attached hydrogens (tertiary/aromatic N) is 2. The van der Waals surface area contributed by atoms with E-state index in [1.54, 1.807) is 13.1 Å². The molecule has 0 unspecified atom stereocenters. The van der Waals surface area contributed by atoms with E-state index in [2.05, 4.69) is 51.7 Å². The zero-order chi connectivity index (χ0) is 20.3. The Morgan fingerprint density at radius 2 is 1.86 bits per heavy atom. The van der Waals surface area contributed by atoms with Crippen LogP contribution in [0.1, 0.15) is 17.5 Å². The molecule has 6 nitrogen and oxygen atoms in total. The summed E-state index contributed by atoms with van der Waals surface area (Å²) in [5.41, 5.74) is 6.55. The predicted octanol–water partition coefficient (Wildman–Crippen LogP) is 2.82. The van der Waals surface area contributed by atoms with Crippen molar-refractivity contribution in [3.8, 4) is 5.75 Å². The molecule has 1 fully saturated rings. The zero-order valence-electron chi connectivity index (χ0n) is 17.0. The SMILES string of the molecule is COc1ccc(CNOCCC=C=O)cc1N1CCN(Cc2ccccc2)CC1. The van der Waals surface area contributed by atoms with Crippen LogP contribution in [0.2, 0.25) is 0 Å². The smallest absolute Gasteiger partial charge is 0.142 e. The monoisotopic (exact) mass is 395 g/mol. The number of rotatable bonds is 10. The van der Waals surface area contributed by atoms with Crippen molar-refractivity contribution < 1.29 is 14.4 Å². The van der Waals surface area contributed by atoms with E-state index in [1.165, 1.54) is 11.6 Å². The Hall–Kier alpha value is -2.63. The van der Waals surface area contributed by atoms with Gasteiger partial charge in [-0.2, -0.15) is 5.48 Å². The molecule has 0 bridgehead atoms. The van der Waals surface area contributed by atoms with Gasteiger partial charge in [-0.15, -0.1) is 0 Å². The van der Waals surface area contributed by atoms with Gasteiger partial charge >= 0.3 is 0 Å². The molecule has 0 atom stereocenters. The van der Waals surface area contributed by atoms with Crippen LogP contribution in [0.15, 0.2) is 54.6 Å². The molecule has 0 aliphatic carbocycles. The third-order valence-electron chi connectivity index (χ3n) is 5.03. The number of hydroxylamine groups is 1. The molecule has 154 valence electrons. The summed E-state index contributed by atoms with van der Waals surface area (Å²) < 4.78 is 5.60. The highest BCUT2D eigenvalue weighted by Crippen LogP contribution is 2.30. The molecule has 0 amide bonds. The van der Waals surface area contributed by atoms with E-state index in [0.29, 0.717) is 19.6 Å². The van der Waals surface area contributed by atoms with Crippen molar-refractivity contribution in [1.29, 1.82) is 0 Å². The second-order valence-electron chi connectivity index (χ2n) is 7.04. The van der Waals surface area contributed by atoms with E-state index in [0.717, 1.165) is 49.7 Å². The van der Waals surface area contributed by atoms with Crippen LogP contribution in [-0.4, -0.2) is 50.7 Å². The molecule has 2 aromatic carbocycles. The Morgan fingerprint density at radius 1 is 1.07 bits per heavy atom. The van der Waals surface area contributed by atoms with Gasteiger partial charge in [-0.05, 0) is 23.3 Å². The van der Waals surface area contributed by atoms with Gasteiger partial charge < -0.3 is 14.5 Å². The van der Waals surface area contributed by atoms with Crippen molar-refractivity contribution in [2.24, 2.45) is 0 Å². The first kappa shape index (κ1) is 21.1. The zero-order valence-corrected chi connectivity index (χ0v) is 17.0. The first-order valence-electron chi connectivity index (χ1n) is 10.0. The molecule has 0 saturated carbocycles. The molecule has 2 aromatic rings. The average molecular weight is 396 g/mol. The second-order valence-corrected chi connectivity index (χ2v) is 7.04. The lowest BCUT2D eigenvalue weighted by atomic mass is 10.1. The molecular formula is C23H29N3O3. The molecular weight excluding hydrogens is 366 g/mol. The number of hydrogen-bond acceptors (Lipinski definition) is 6. The number of hydrogen-bond donors (Lipinski definition) is 1. The second kappa shape index (κ2) is 11.4. The quantitative estimate of drug-likeness (QED) is 0.379. The van der Waals surface area contributed by atoms with E-state index < -0.39 is 0 Å². The van der Waals surface area contributed by atoms with Crippen molar-refractivity contribution in [2.45, 2.75) is 19.5 Å². The Balaban J connectivity index is 1.54. The van der Waals surface area contributed by atoms with Crippen molar-refractivity contribution >= 4 is 11.6 Å². The van der Waals surface area contributed by atoms with Crippen LogP contribution in [0, 0.1) is 0 Å². The van der Waals surface area contributed by atoms with Gasteiger partial charge in [0, 0.05) is 51.8 Å². The Morgan fingerprint density at radius 3 is 2.59 bits per heavy atom. The van der Waals surface area contributed by atoms with E-state index in [4.69, 9.17) is 9.57 Å². The van der Waals surface area contributed by atoms with Gasteiger partial charge in [0.25, 0.3) is 0 Å². The van der Waals surface area contributed by atoms with Gasteiger partial charge in [0.05, 0.1) is 19.4 Å². The standard InChI is InChI=1S/C23H29N3O3/c1-28-23-10-9-21(18-24-29-16-6-5-15-27)17-22(23)26-13-11-25(12-14-26)19-20-7-3-2-4-8-20/h2-5,7-10,17,24H,6,11-14,16,18-19H2,1H3. The van der Waals surface area contributed by atoms with Gasteiger partial charge in [0.1, 0.15) is 11.7 Å². The fourth-order valence-electron chi connectivity index (χ4n) is 3.46. The van der Waals surface area contributed by atoms with Crippen molar-refractivity contribution in [1.82, 2.24) is 10.4 Å². The maximum Gasteiger partial charge on any atom is 0.142 e. The van der Waals surface area contributed by atoms with E-state index in [1.807, 2.05) is 12.1 Å².